The van der Waals surface area contributed by atoms with Gasteiger partial charge in [0.2, 0.25) is 5.91 Å². The summed E-state index contributed by atoms with van der Waals surface area (Å²) in [6, 6.07) is -0.787. The molecule has 0 saturated carbocycles. The maximum absolute atomic E-state index is 12.6. The Labute approximate surface area is 240 Å². The number of unbranched alkanes of at least 4 members (excludes halogenated alkanes) is 15. The number of amides is 1. The second-order valence-electron chi connectivity index (χ2n) is 12.2. The second-order valence-corrected chi connectivity index (χ2v) is 13.6. The highest BCUT2D eigenvalue weighted by Crippen LogP contribution is 2.38. The summed E-state index contributed by atoms with van der Waals surface area (Å²) in [6.45, 7) is 4.62. The number of nitrogens with one attached hydrogen (secondary N) is 1. The zero-order chi connectivity index (χ0) is 29.4. The summed E-state index contributed by atoms with van der Waals surface area (Å²) in [5.74, 6) is -0.173. The standard InChI is InChI=1S/C30H63N2O6P/c1-6-8-10-12-14-15-16-18-20-22-24-30(34)31-28(29(33)23-21-19-17-13-11-9-7-2)27-38-39(35,36)37-26-25-32(3,4)5/h28-29,33H,6-27H2,1-5H3,(H-,31,34,35,36). The summed E-state index contributed by atoms with van der Waals surface area (Å²) in [5.41, 5.74) is 0. The lowest BCUT2D eigenvalue weighted by Crippen LogP contribution is -2.46. The van der Waals surface area contributed by atoms with E-state index in [1.54, 1.807) is 0 Å². The molecule has 0 aromatic carbocycles. The van der Waals surface area contributed by atoms with E-state index >= 15 is 0 Å². The SMILES string of the molecule is CCCCCCCCCCCCC(=O)NC(COP(=O)([O-])OCC[N+](C)(C)C)C(O)CCCCCCCCC. The van der Waals surface area contributed by atoms with Crippen molar-refractivity contribution in [2.24, 2.45) is 0 Å². The molecule has 9 heteroatoms. The summed E-state index contributed by atoms with van der Waals surface area (Å²) in [6.07, 6.45) is 19.7. The first-order valence-corrected chi connectivity index (χ1v) is 17.3. The minimum Gasteiger partial charge on any atom is -0.756 e. The minimum atomic E-state index is -4.53. The van der Waals surface area contributed by atoms with Crippen LogP contribution in [-0.2, 0) is 18.4 Å². The molecule has 39 heavy (non-hydrogen) atoms. The molecule has 3 unspecified atom stereocenters. The van der Waals surface area contributed by atoms with Gasteiger partial charge >= 0.3 is 0 Å². The average molecular weight is 579 g/mol. The zero-order valence-corrected chi connectivity index (χ0v) is 27.0. The molecule has 234 valence electrons. The third kappa shape index (κ3) is 26.2. The first kappa shape index (κ1) is 38.5. The quantitative estimate of drug-likeness (QED) is 0.0624. The highest BCUT2D eigenvalue weighted by Gasteiger charge is 2.24. The fraction of sp³-hybridized carbons (Fsp3) is 0.967. The van der Waals surface area contributed by atoms with Crippen molar-refractivity contribution in [3.8, 4) is 0 Å². The molecule has 0 rings (SSSR count). The van der Waals surface area contributed by atoms with Crippen molar-refractivity contribution in [2.45, 2.75) is 148 Å². The molecule has 0 aliphatic carbocycles. The molecule has 0 heterocycles. The largest absolute Gasteiger partial charge is 0.756 e. The molecule has 0 aromatic rings. The first-order valence-electron chi connectivity index (χ1n) is 15.9. The number of rotatable bonds is 28. The topological polar surface area (TPSA) is 108 Å². The average Bonchev–Trinajstić information content (AvgIpc) is 2.86. The van der Waals surface area contributed by atoms with Crippen molar-refractivity contribution in [1.29, 1.82) is 0 Å². The van der Waals surface area contributed by atoms with Crippen LogP contribution in [0, 0.1) is 0 Å². The van der Waals surface area contributed by atoms with E-state index < -0.39 is 20.0 Å². The number of hydrogen-bond acceptors (Lipinski definition) is 6. The number of phosphoric acid groups is 1. The van der Waals surface area contributed by atoms with Gasteiger partial charge in [-0.2, -0.15) is 0 Å². The number of phosphoric ester groups is 1. The van der Waals surface area contributed by atoms with Crippen LogP contribution in [0.25, 0.3) is 0 Å². The van der Waals surface area contributed by atoms with Crippen molar-refractivity contribution in [3.05, 3.63) is 0 Å². The van der Waals surface area contributed by atoms with Crippen molar-refractivity contribution in [3.63, 3.8) is 0 Å². The van der Waals surface area contributed by atoms with Crippen LogP contribution in [0.15, 0.2) is 0 Å². The molecule has 2 N–H and O–H groups in total. The molecular formula is C30H63N2O6P. The number of carbonyl (C=O) groups excluding carboxylic acids is 1. The van der Waals surface area contributed by atoms with Crippen LogP contribution in [-0.4, -0.2) is 68.5 Å². The molecule has 0 bridgehead atoms. The molecule has 3 atom stereocenters. The van der Waals surface area contributed by atoms with E-state index in [2.05, 4.69) is 19.2 Å². The molecule has 0 radical (unpaired) electrons. The molecular weight excluding hydrogens is 515 g/mol. The molecule has 0 fully saturated rings. The third-order valence-electron chi connectivity index (χ3n) is 7.10. The Balaban J connectivity index is 4.54. The fourth-order valence-electron chi connectivity index (χ4n) is 4.45. The van der Waals surface area contributed by atoms with Gasteiger partial charge in [-0.1, -0.05) is 117 Å². The van der Waals surface area contributed by atoms with Crippen molar-refractivity contribution < 1.29 is 32.9 Å². The Bertz CT molecular complexity index is 629. The number of hydrogen-bond donors (Lipinski definition) is 2. The van der Waals surface area contributed by atoms with Crippen molar-refractivity contribution >= 4 is 13.7 Å². The normalized spacial score (nSPS) is 15.2. The van der Waals surface area contributed by atoms with Gasteiger partial charge in [-0.3, -0.25) is 9.36 Å². The Morgan fingerprint density at radius 1 is 0.795 bits per heavy atom. The van der Waals surface area contributed by atoms with Gasteiger partial charge in [-0.25, -0.2) is 0 Å². The number of aliphatic hydroxyl groups excluding tert-OH is 1. The second kappa shape index (κ2) is 24.1. The molecule has 0 aliphatic rings. The van der Waals surface area contributed by atoms with E-state index in [9.17, 15) is 19.4 Å². The van der Waals surface area contributed by atoms with Gasteiger partial charge in [0.15, 0.2) is 0 Å². The lowest BCUT2D eigenvalue weighted by molar-refractivity contribution is -0.870. The van der Waals surface area contributed by atoms with Gasteiger partial charge in [0.25, 0.3) is 7.82 Å². The smallest absolute Gasteiger partial charge is 0.268 e. The highest BCUT2D eigenvalue weighted by atomic mass is 31.2. The molecule has 0 spiro atoms. The molecule has 0 aromatic heterocycles. The monoisotopic (exact) mass is 578 g/mol. The van der Waals surface area contributed by atoms with E-state index in [-0.39, 0.29) is 19.1 Å². The number of likely N-dealkylation sites (N-methyl/N-ethyl adjacent to an activating group) is 1. The van der Waals surface area contributed by atoms with Crippen LogP contribution in [0.5, 0.6) is 0 Å². The van der Waals surface area contributed by atoms with Gasteiger partial charge in [-0.05, 0) is 12.8 Å². The van der Waals surface area contributed by atoms with Crippen LogP contribution in [0.2, 0.25) is 0 Å². The van der Waals surface area contributed by atoms with Crippen LogP contribution in [0.4, 0.5) is 0 Å². The molecule has 0 aliphatic heterocycles. The van der Waals surface area contributed by atoms with E-state index in [1.807, 2.05) is 21.1 Å². The van der Waals surface area contributed by atoms with Crippen molar-refractivity contribution in [1.82, 2.24) is 5.32 Å². The van der Waals surface area contributed by atoms with Crippen LogP contribution < -0.4 is 10.2 Å². The van der Waals surface area contributed by atoms with Gasteiger partial charge in [0, 0.05) is 6.42 Å². The summed E-state index contributed by atoms with van der Waals surface area (Å²) < 4.78 is 22.9. The Kier molecular flexibility index (Phi) is 23.8. The van der Waals surface area contributed by atoms with E-state index in [1.165, 1.54) is 70.6 Å². The number of nitrogens with zero attached hydrogens (tertiary/aromatic N) is 1. The Morgan fingerprint density at radius 2 is 1.26 bits per heavy atom. The van der Waals surface area contributed by atoms with E-state index in [4.69, 9.17) is 9.05 Å². The predicted octanol–water partition coefficient (Wildman–Crippen LogP) is 6.49. The highest BCUT2D eigenvalue weighted by molar-refractivity contribution is 7.45. The predicted molar refractivity (Wildman–Crippen MR) is 159 cm³/mol. The van der Waals surface area contributed by atoms with Crippen LogP contribution >= 0.6 is 7.82 Å². The van der Waals surface area contributed by atoms with Gasteiger partial charge in [0.1, 0.15) is 13.2 Å². The lowest BCUT2D eigenvalue weighted by Gasteiger charge is -2.30. The van der Waals surface area contributed by atoms with Crippen molar-refractivity contribution in [2.75, 3.05) is 40.9 Å². The zero-order valence-electron chi connectivity index (χ0n) is 26.1. The van der Waals surface area contributed by atoms with Gasteiger partial charge in [-0.15, -0.1) is 0 Å². The first-order chi connectivity index (χ1) is 18.5. The summed E-state index contributed by atoms with van der Waals surface area (Å²) >= 11 is 0. The van der Waals surface area contributed by atoms with E-state index in [0.717, 1.165) is 38.5 Å². The fourth-order valence-corrected chi connectivity index (χ4v) is 5.17. The van der Waals surface area contributed by atoms with Gasteiger partial charge < -0.3 is 28.8 Å². The Hall–Kier alpha value is -0.500. The lowest BCUT2D eigenvalue weighted by atomic mass is 10.0. The van der Waals surface area contributed by atoms with E-state index in [0.29, 0.717) is 23.9 Å². The van der Waals surface area contributed by atoms with Gasteiger partial charge in [0.05, 0.1) is 39.9 Å². The number of carbonyl (C=O) groups is 1. The third-order valence-corrected chi connectivity index (χ3v) is 8.06. The summed E-state index contributed by atoms with van der Waals surface area (Å²) in [5, 5.41) is 13.6. The molecule has 8 nitrogen and oxygen atoms in total. The molecule has 0 saturated heterocycles. The summed E-state index contributed by atoms with van der Waals surface area (Å²) in [7, 11) is 1.30. The maximum Gasteiger partial charge on any atom is 0.268 e. The maximum atomic E-state index is 12.6. The minimum absolute atomic E-state index is 0.0145. The number of quaternary nitrogens is 1. The Morgan fingerprint density at radius 3 is 1.74 bits per heavy atom. The van der Waals surface area contributed by atoms with Crippen LogP contribution in [0.3, 0.4) is 0 Å². The summed E-state index contributed by atoms with van der Waals surface area (Å²) in [4.78, 5) is 24.9. The number of aliphatic hydroxyl groups is 1. The van der Waals surface area contributed by atoms with Crippen LogP contribution in [0.1, 0.15) is 136 Å². The molecule has 1 amide bonds.